The first-order valence-corrected chi connectivity index (χ1v) is 8.07. The third-order valence-electron chi connectivity index (χ3n) is 3.20. The van der Waals surface area contributed by atoms with Gasteiger partial charge in [-0.15, -0.1) is 0 Å². The van der Waals surface area contributed by atoms with Crippen LogP contribution in [-0.2, 0) is 15.6 Å². The van der Waals surface area contributed by atoms with Crippen LogP contribution in [0.4, 0.5) is 11.4 Å². The predicted molar refractivity (Wildman–Crippen MR) is 81.8 cm³/mol. The highest BCUT2D eigenvalue weighted by molar-refractivity contribution is 7.90. The van der Waals surface area contributed by atoms with Gasteiger partial charge in [0.15, 0.2) is 9.84 Å². The standard InChI is InChI=1S/C14H12N2O6S/c1-10-2-6-13(7-3-10)23(21,22)9-11-4-5-12(15(17)18)8-14(11)16(19)20/h2-8H,9H2,1H3. The van der Waals surface area contributed by atoms with Crippen molar-refractivity contribution in [2.45, 2.75) is 17.6 Å². The molecule has 0 radical (unpaired) electrons. The maximum atomic E-state index is 12.4. The molecule has 0 aromatic heterocycles. The molecule has 0 saturated heterocycles. The van der Waals surface area contributed by atoms with E-state index >= 15 is 0 Å². The lowest BCUT2D eigenvalue weighted by Crippen LogP contribution is -2.07. The minimum absolute atomic E-state index is 0.0377. The lowest BCUT2D eigenvalue weighted by Gasteiger charge is -2.06. The number of nitro groups is 2. The fourth-order valence-corrected chi connectivity index (χ4v) is 3.36. The number of non-ortho nitro benzene ring substituents is 1. The van der Waals surface area contributed by atoms with Crippen LogP contribution in [0.1, 0.15) is 11.1 Å². The van der Waals surface area contributed by atoms with Crippen molar-refractivity contribution in [2.75, 3.05) is 0 Å². The Morgan fingerprint density at radius 3 is 2.09 bits per heavy atom. The molecule has 0 N–H and O–H groups in total. The average molecular weight is 336 g/mol. The van der Waals surface area contributed by atoms with Gasteiger partial charge in [-0.1, -0.05) is 17.7 Å². The van der Waals surface area contributed by atoms with Gasteiger partial charge in [-0.2, -0.15) is 0 Å². The first kappa shape index (κ1) is 16.6. The van der Waals surface area contributed by atoms with Gasteiger partial charge in [0.1, 0.15) is 0 Å². The van der Waals surface area contributed by atoms with E-state index in [9.17, 15) is 28.6 Å². The molecule has 0 fully saturated rings. The number of aryl methyl sites for hydroxylation is 1. The van der Waals surface area contributed by atoms with E-state index in [1.165, 1.54) is 12.1 Å². The van der Waals surface area contributed by atoms with Gasteiger partial charge in [-0.3, -0.25) is 20.2 Å². The molecule has 2 aromatic rings. The highest BCUT2D eigenvalue weighted by atomic mass is 32.2. The van der Waals surface area contributed by atoms with Crippen molar-refractivity contribution in [3.8, 4) is 0 Å². The Morgan fingerprint density at radius 1 is 0.957 bits per heavy atom. The van der Waals surface area contributed by atoms with E-state index in [0.29, 0.717) is 0 Å². The number of hydrogen-bond acceptors (Lipinski definition) is 6. The summed E-state index contributed by atoms with van der Waals surface area (Å²) in [6.45, 7) is 1.80. The van der Waals surface area contributed by atoms with Gasteiger partial charge >= 0.3 is 0 Å². The minimum Gasteiger partial charge on any atom is -0.258 e. The topological polar surface area (TPSA) is 120 Å². The maximum absolute atomic E-state index is 12.4. The Hall–Kier alpha value is -2.81. The first-order chi connectivity index (χ1) is 10.7. The molecule has 9 heteroatoms. The second-order valence-electron chi connectivity index (χ2n) is 4.90. The van der Waals surface area contributed by atoms with Crippen molar-refractivity contribution in [1.82, 2.24) is 0 Å². The third-order valence-corrected chi connectivity index (χ3v) is 4.88. The molecule has 0 saturated carbocycles. The lowest BCUT2D eigenvalue weighted by atomic mass is 10.2. The third kappa shape index (κ3) is 3.69. The molecule has 2 rings (SSSR count). The van der Waals surface area contributed by atoms with Crippen molar-refractivity contribution in [2.24, 2.45) is 0 Å². The Balaban J connectivity index is 2.44. The molecule has 0 amide bonds. The van der Waals surface area contributed by atoms with E-state index in [1.807, 2.05) is 0 Å². The second-order valence-corrected chi connectivity index (χ2v) is 6.89. The van der Waals surface area contributed by atoms with Crippen molar-refractivity contribution < 1.29 is 18.3 Å². The van der Waals surface area contributed by atoms with E-state index in [4.69, 9.17) is 0 Å². The monoisotopic (exact) mass is 336 g/mol. The van der Waals surface area contributed by atoms with Crippen molar-refractivity contribution in [3.63, 3.8) is 0 Å². The molecule has 0 bridgehead atoms. The van der Waals surface area contributed by atoms with Gasteiger partial charge < -0.3 is 0 Å². The van der Waals surface area contributed by atoms with Crippen LogP contribution in [-0.4, -0.2) is 18.3 Å². The Kier molecular flexibility index (Phi) is 4.41. The van der Waals surface area contributed by atoms with Gasteiger partial charge in [0.25, 0.3) is 11.4 Å². The smallest absolute Gasteiger partial charge is 0.258 e. The largest absolute Gasteiger partial charge is 0.280 e. The second kappa shape index (κ2) is 6.13. The molecule has 2 aromatic carbocycles. The fourth-order valence-electron chi connectivity index (χ4n) is 1.99. The van der Waals surface area contributed by atoms with Gasteiger partial charge in [0.05, 0.1) is 26.6 Å². The van der Waals surface area contributed by atoms with Crippen LogP contribution in [0.5, 0.6) is 0 Å². The zero-order valence-electron chi connectivity index (χ0n) is 12.0. The molecular weight excluding hydrogens is 324 g/mol. The fraction of sp³-hybridized carbons (Fsp3) is 0.143. The molecule has 0 unspecified atom stereocenters. The van der Waals surface area contributed by atoms with Crippen LogP contribution in [0.3, 0.4) is 0 Å². The van der Waals surface area contributed by atoms with E-state index in [0.717, 1.165) is 23.8 Å². The molecular formula is C14H12N2O6S. The van der Waals surface area contributed by atoms with Crippen LogP contribution in [0.25, 0.3) is 0 Å². The van der Waals surface area contributed by atoms with E-state index in [1.54, 1.807) is 19.1 Å². The summed E-state index contributed by atoms with van der Waals surface area (Å²) in [5, 5.41) is 21.7. The van der Waals surface area contributed by atoms with Crippen molar-refractivity contribution >= 4 is 21.2 Å². The molecule has 23 heavy (non-hydrogen) atoms. The number of rotatable bonds is 5. The molecule has 0 aliphatic heterocycles. The molecule has 0 heterocycles. The van der Waals surface area contributed by atoms with Crippen LogP contribution >= 0.6 is 0 Å². The molecule has 0 atom stereocenters. The van der Waals surface area contributed by atoms with Gasteiger partial charge in [0, 0.05) is 11.6 Å². The van der Waals surface area contributed by atoms with Crippen LogP contribution in [0, 0.1) is 27.2 Å². The van der Waals surface area contributed by atoms with Crippen molar-refractivity contribution in [3.05, 3.63) is 73.8 Å². The summed E-state index contributed by atoms with van der Waals surface area (Å²) < 4.78 is 24.7. The van der Waals surface area contributed by atoms with E-state index in [-0.39, 0.29) is 10.5 Å². The zero-order chi connectivity index (χ0) is 17.2. The van der Waals surface area contributed by atoms with Crippen LogP contribution in [0.15, 0.2) is 47.4 Å². The summed E-state index contributed by atoms with van der Waals surface area (Å²) in [5.74, 6) is -0.607. The molecule has 0 aliphatic carbocycles. The van der Waals surface area contributed by atoms with Crippen LogP contribution < -0.4 is 0 Å². The van der Waals surface area contributed by atoms with Crippen molar-refractivity contribution in [1.29, 1.82) is 0 Å². The number of hydrogen-bond donors (Lipinski definition) is 0. The number of nitro benzene ring substituents is 2. The van der Waals surface area contributed by atoms with Gasteiger partial charge in [-0.05, 0) is 25.1 Å². The molecule has 120 valence electrons. The van der Waals surface area contributed by atoms with Gasteiger partial charge in [-0.25, -0.2) is 8.42 Å². The van der Waals surface area contributed by atoms with E-state index < -0.39 is 36.8 Å². The summed E-state index contributed by atoms with van der Waals surface area (Å²) in [4.78, 5) is 20.2. The quantitative estimate of drug-likeness (QED) is 0.611. The molecule has 0 spiro atoms. The zero-order valence-corrected chi connectivity index (χ0v) is 12.8. The minimum atomic E-state index is -3.79. The molecule has 8 nitrogen and oxygen atoms in total. The highest BCUT2D eigenvalue weighted by Crippen LogP contribution is 2.28. The highest BCUT2D eigenvalue weighted by Gasteiger charge is 2.24. The average Bonchev–Trinajstić information content (AvgIpc) is 2.47. The number of benzene rings is 2. The maximum Gasteiger partial charge on any atom is 0.280 e. The summed E-state index contributed by atoms with van der Waals surface area (Å²) in [5.41, 5.74) is -0.269. The summed E-state index contributed by atoms with van der Waals surface area (Å²) in [6, 6.07) is 8.99. The Bertz CT molecular complexity index is 875. The predicted octanol–water partition coefficient (Wildman–Crippen LogP) is 2.79. The van der Waals surface area contributed by atoms with E-state index in [2.05, 4.69) is 0 Å². The Labute approximate surface area is 131 Å². The number of sulfone groups is 1. The van der Waals surface area contributed by atoms with Crippen LogP contribution in [0.2, 0.25) is 0 Å². The first-order valence-electron chi connectivity index (χ1n) is 6.42. The normalized spacial score (nSPS) is 11.2. The number of nitrogens with zero attached hydrogens (tertiary/aromatic N) is 2. The Morgan fingerprint density at radius 2 is 1.57 bits per heavy atom. The lowest BCUT2D eigenvalue weighted by molar-refractivity contribution is -0.394. The summed E-state index contributed by atoms with van der Waals surface area (Å²) in [7, 11) is -3.79. The summed E-state index contributed by atoms with van der Waals surface area (Å²) in [6.07, 6.45) is 0. The summed E-state index contributed by atoms with van der Waals surface area (Å²) >= 11 is 0. The SMILES string of the molecule is Cc1ccc(S(=O)(=O)Cc2ccc([N+](=O)[O-])cc2[N+](=O)[O-])cc1. The van der Waals surface area contributed by atoms with Gasteiger partial charge in [0.2, 0.25) is 0 Å². The molecule has 0 aliphatic rings.